The third-order valence-electron chi connectivity index (χ3n) is 1.48. The largest absolute Gasteiger partial charge is 0.545 e. The van der Waals surface area contributed by atoms with Gasteiger partial charge in [0.25, 0.3) is 0 Å². The Kier molecular flexibility index (Phi) is 1.49. The maximum absolute atomic E-state index is 10.4. The smallest absolute Gasteiger partial charge is 0.0735 e. The van der Waals surface area contributed by atoms with Crippen molar-refractivity contribution in [3.63, 3.8) is 0 Å². The van der Waals surface area contributed by atoms with E-state index in [9.17, 15) is 9.90 Å². The first kappa shape index (κ1) is 6.86. The Morgan fingerprint density at radius 2 is 2.20 bits per heavy atom. The predicted octanol–water partition coefficient (Wildman–Crippen LogP) is -0.00496. The van der Waals surface area contributed by atoms with Crippen LogP contribution >= 0.6 is 0 Å². The number of rotatable bonds is 1. The molecule has 1 rings (SSSR count). The summed E-state index contributed by atoms with van der Waals surface area (Å²) in [6, 6.07) is 0. The number of carbonyl (C=O) groups is 1. The van der Waals surface area contributed by atoms with Gasteiger partial charge in [-0.25, -0.2) is 0 Å². The fourth-order valence-electron chi connectivity index (χ4n) is 0.971. The highest BCUT2D eigenvalue weighted by Crippen LogP contribution is 2.09. The van der Waals surface area contributed by atoms with Crippen LogP contribution in [-0.2, 0) is 0 Å². The van der Waals surface area contributed by atoms with Crippen LogP contribution in [0.4, 0.5) is 0 Å². The van der Waals surface area contributed by atoms with Crippen LogP contribution in [-0.4, -0.2) is 11.0 Å². The monoisotopic (exact) mass is 138 g/mol. The quantitative estimate of drug-likeness (QED) is 0.593. The zero-order valence-corrected chi connectivity index (χ0v) is 5.89. The zero-order chi connectivity index (χ0) is 7.72. The Balaban J connectivity index is 3.23. The number of aromatic nitrogens is 1. The molecule has 10 heavy (non-hydrogen) atoms. The molecule has 54 valence electrons. The highest BCUT2D eigenvalue weighted by molar-refractivity contribution is 5.88. The third-order valence-corrected chi connectivity index (χ3v) is 1.48. The van der Waals surface area contributed by atoms with Gasteiger partial charge in [-0.3, -0.25) is 0 Å². The van der Waals surface area contributed by atoms with Crippen molar-refractivity contribution in [1.29, 1.82) is 0 Å². The molecule has 1 N–H and O–H groups in total. The lowest BCUT2D eigenvalue weighted by Crippen LogP contribution is -2.23. The van der Waals surface area contributed by atoms with E-state index in [1.54, 1.807) is 20.0 Å². The molecular formula is C7H8NO2-. The minimum absolute atomic E-state index is 0.278. The summed E-state index contributed by atoms with van der Waals surface area (Å²) >= 11 is 0. The van der Waals surface area contributed by atoms with Crippen LogP contribution in [0.5, 0.6) is 0 Å². The number of aryl methyl sites for hydroxylation is 2. The van der Waals surface area contributed by atoms with Crippen molar-refractivity contribution in [3.05, 3.63) is 23.0 Å². The normalized spacial score (nSPS) is 9.80. The molecule has 0 atom stereocenters. The average molecular weight is 138 g/mol. The second-order valence-corrected chi connectivity index (χ2v) is 2.26. The van der Waals surface area contributed by atoms with Crippen LogP contribution in [0.2, 0.25) is 0 Å². The lowest BCUT2D eigenvalue weighted by atomic mass is 10.2. The lowest BCUT2D eigenvalue weighted by molar-refractivity contribution is -0.255. The molecule has 3 heteroatoms. The van der Waals surface area contributed by atoms with Crippen molar-refractivity contribution in [2.24, 2.45) is 0 Å². The van der Waals surface area contributed by atoms with E-state index in [1.165, 1.54) is 0 Å². The Bertz CT molecular complexity index is 243. The van der Waals surface area contributed by atoms with E-state index in [0.29, 0.717) is 5.69 Å². The van der Waals surface area contributed by atoms with Gasteiger partial charge < -0.3 is 14.9 Å². The van der Waals surface area contributed by atoms with Gasteiger partial charge in [-0.05, 0) is 19.4 Å². The number of carboxylic acids is 1. The van der Waals surface area contributed by atoms with Crippen LogP contribution in [0.1, 0.15) is 21.6 Å². The maximum Gasteiger partial charge on any atom is 0.0735 e. The van der Waals surface area contributed by atoms with Gasteiger partial charge in [0.1, 0.15) is 0 Å². The fourth-order valence-corrected chi connectivity index (χ4v) is 0.971. The number of hydrogen-bond acceptors (Lipinski definition) is 2. The van der Waals surface area contributed by atoms with E-state index in [1.807, 2.05) is 0 Å². The van der Waals surface area contributed by atoms with E-state index in [-0.39, 0.29) is 5.56 Å². The van der Waals surface area contributed by atoms with E-state index < -0.39 is 5.97 Å². The Morgan fingerprint density at radius 1 is 1.60 bits per heavy atom. The number of aromatic carboxylic acids is 1. The molecule has 0 radical (unpaired) electrons. The minimum Gasteiger partial charge on any atom is -0.545 e. The van der Waals surface area contributed by atoms with E-state index >= 15 is 0 Å². The van der Waals surface area contributed by atoms with E-state index in [0.717, 1.165) is 5.56 Å². The third kappa shape index (κ3) is 0.900. The highest BCUT2D eigenvalue weighted by Gasteiger charge is 2.03. The van der Waals surface area contributed by atoms with Crippen molar-refractivity contribution < 1.29 is 9.90 Å². The van der Waals surface area contributed by atoms with Gasteiger partial charge in [0.05, 0.1) is 5.97 Å². The number of hydrogen-bond donors (Lipinski definition) is 1. The summed E-state index contributed by atoms with van der Waals surface area (Å²) < 4.78 is 0. The van der Waals surface area contributed by atoms with Crippen molar-refractivity contribution in [3.8, 4) is 0 Å². The molecular weight excluding hydrogens is 130 g/mol. The van der Waals surface area contributed by atoms with Crippen LogP contribution in [0.25, 0.3) is 0 Å². The van der Waals surface area contributed by atoms with Gasteiger partial charge in [-0.2, -0.15) is 0 Å². The highest BCUT2D eigenvalue weighted by atomic mass is 16.4. The van der Waals surface area contributed by atoms with Crippen molar-refractivity contribution in [1.82, 2.24) is 4.98 Å². The van der Waals surface area contributed by atoms with E-state index in [4.69, 9.17) is 0 Å². The molecule has 3 nitrogen and oxygen atoms in total. The summed E-state index contributed by atoms with van der Waals surface area (Å²) in [5.74, 6) is -1.11. The second-order valence-electron chi connectivity index (χ2n) is 2.26. The van der Waals surface area contributed by atoms with Gasteiger partial charge in [0.15, 0.2) is 0 Å². The summed E-state index contributed by atoms with van der Waals surface area (Å²) in [6.45, 7) is 3.44. The number of H-pyrrole nitrogens is 1. The molecule has 0 fully saturated rings. The average Bonchev–Trinajstić information content (AvgIpc) is 2.11. The minimum atomic E-state index is -1.11. The molecule has 0 aromatic carbocycles. The Labute approximate surface area is 58.7 Å². The first-order valence-corrected chi connectivity index (χ1v) is 2.99. The number of nitrogens with one attached hydrogen (secondary N) is 1. The summed E-state index contributed by atoms with van der Waals surface area (Å²) in [5.41, 5.74) is 1.65. The predicted molar refractivity (Wildman–Crippen MR) is 34.6 cm³/mol. The zero-order valence-electron chi connectivity index (χ0n) is 5.89. The van der Waals surface area contributed by atoms with Crippen LogP contribution in [0, 0.1) is 13.8 Å². The number of aromatic amines is 1. The number of carbonyl (C=O) groups excluding carboxylic acids is 1. The maximum atomic E-state index is 10.4. The summed E-state index contributed by atoms with van der Waals surface area (Å²) in [4.78, 5) is 13.2. The van der Waals surface area contributed by atoms with Gasteiger partial charge >= 0.3 is 0 Å². The van der Waals surface area contributed by atoms with Crippen LogP contribution in [0.15, 0.2) is 6.20 Å². The summed E-state index contributed by atoms with van der Waals surface area (Å²) in [5, 5.41) is 10.4. The number of carboxylic acid groups (broad SMARTS) is 1. The molecule has 1 aromatic rings. The van der Waals surface area contributed by atoms with Gasteiger partial charge in [-0.15, -0.1) is 0 Å². The Morgan fingerprint density at radius 3 is 2.40 bits per heavy atom. The standard InChI is InChI=1S/C7H9NO2/c1-4-3-8-5(2)6(4)7(9)10/h3,8H,1-2H3,(H,9,10)/p-1. The van der Waals surface area contributed by atoms with Crippen LogP contribution in [0.3, 0.4) is 0 Å². The van der Waals surface area contributed by atoms with Gasteiger partial charge in [-0.1, -0.05) is 0 Å². The molecule has 0 bridgehead atoms. The molecule has 0 aliphatic rings. The molecule has 0 aliphatic heterocycles. The molecule has 0 saturated carbocycles. The van der Waals surface area contributed by atoms with Crippen molar-refractivity contribution >= 4 is 5.97 Å². The fraction of sp³-hybridized carbons (Fsp3) is 0.286. The van der Waals surface area contributed by atoms with Crippen molar-refractivity contribution in [2.45, 2.75) is 13.8 Å². The Hall–Kier alpha value is -1.25. The molecule has 1 aromatic heterocycles. The van der Waals surface area contributed by atoms with E-state index in [2.05, 4.69) is 4.98 Å². The van der Waals surface area contributed by atoms with Crippen LogP contribution < -0.4 is 5.11 Å². The molecule has 0 unspecified atom stereocenters. The second kappa shape index (κ2) is 2.17. The lowest BCUT2D eigenvalue weighted by Gasteiger charge is -2.00. The molecule has 0 amide bonds. The van der Waals surface area contributed by atoms with Gasteiger partial charge in [0.2, 0.25) is 0 Å². The topological polar surface area (TPSA) is 55.9 Å². The first-order valence-electron chi connectivity index (χ1n) is 2.99. The summed E-state index contributed by atoms with van der Waals surface area (Å²) in [7, 11) is 0. The molecule has 0 aliphatic carbocycles. The molecule has 0 saturated heterocycles. The molecule has 0 spiro atoms. The summed E-state index contributed by atoms with van der Waals surface area (Å²) in [6.07, 6.45) is 1.65. The molecule has 1 heterocycles. The van der Waals surface area contributed by atoms with Gasteiger partial charge in [0, 0.05) is 17.5 Å². The first-order chi connectivity index (χ1) is 4.63. The van der Waals surface area contributed by atoms with Crippen molar-refractivity contribution in [2.75, 3.05) is 0 Å². The SMILES string of the molecule is Cc1c[nH]c(C)c1C(=O)[O-].